The summed E-state index contributed by atoms with van der Waals surface area (Å²) in [6.45, 7) is 4.30. The van der Waals surface area contributed by atoms with Crippen molar-refractivity contribution in [3.8, 4) is 11.5 Å². The smallest absolute Gasteiger partial charge is 0.253 e. The quantitative estimate of drug-likeness (QED) is 0.546. The number of ether oxygens (including phenoxy) is 2. The number of amides is 1. The van der Waals surface area contributed by atoms with Crippen LogP contribution in [0.15, 0.2) is 48.5 Å². The van der Waals surface area contributed by atoms with E-state index in [9.17, 15) is 4.79 Å². The zero-order chi connectivity index (χ0) is 23.4. The summed E-state index contributed by atoms with van der Waals surface area (Å²) in [5.41, 5.74) is 1.71. The molecular weight excluding hydrogens is 416 g/mol. The summed E-state index contributed by atoms with van der Waals surface area (Å²) in [6, 6.07) is 16.6. The van der Waals surface area contributed by atoms with E-state index in [1.54, 1.807) is 14.2 Å². The molecule has 6 nitrogen and oxygen atoms in total. The van der Waals surface area contributed by atoms with Crippen LogP contribution in [0, 0.1) is 5.41 Å². The minimum atomic E-state index is -0.626. The summed E-state index contributed by atoms with van der Waals surface area (Å²) >= 11 is 0. The molecule has 1 aliphatic heterocycles. The second kappa shape index (κ2) is 10.1. The summed E-state index contributed by atoms with van der Waals surface area (Å²) < 4.78 is 12.0. The van der Waals surface area contributed by atoms with E-state index in [0.29, 0.717) is 6.54 Å². The molecule has 0 radical (unpaired) electrons. The first kappa shape index (κ1) is 23.6. The van der Waals surface area contributed by atoms with E-state index in [4.69, 9.17) is 14.3 Å². The van der Waals surface area contributed by atoms with E-state index in [-0.39, 0.29) is 17.9 Å². The molecule has 0 unspecified atom stereocenters. The maximum Gasteiger partial charge on any atom is 0.253 e. The van der Waals surface area contributed by atoms with Crippen LogP contribution in [0.2, 0.25) is 0 Å². The van der Waals surface area contributed by atoms with Crippen LogP contribution in [0.3, 0.4) is 0 Å². The molecular formula is C27H36N2O4. The molecule has 4 rings (SSSR count). The summed E-state index contributed by atoms with van der Waals surface area (Å²) in [5, 5.41) is 1.36. The van der Waals surface area contributed by atoms with Gasteiger partial charge >= 0.3 is 0 Å². The molecule has 2 aromatic carbocycles. The van der Waals surface area contributed by atoms with Crippen LogP contribution in [-0.4, -0.2) is 56.3 Å². The van der Waals surface area contributed by atoms with Crippen LogP contribution in [0.25, 0.3) is 0 Å². The Labute approximate surface area is 197 Å². The van der Waals surface area contributed by atoms with Crippen molar-refractivity contribution in [1.82, 2.24) is 9.96 Å². The second-order valence-electron chi connectivity index (χ2n) is 9.55. The average Bonchev–Trinajstić information content (AvgIpc) is 3.46. The Morgan fingerprint density at radius 1 is 1.09 bits per heavy atom. The van der Waals surface area contributed by atoms with Gasteiger partial charge in [0.1, 0.15) is 0 Å². The Hall–Kier alpha value is -2.57. The fraction of sp³-hybridized carbons (Fsp3) is 0.519. The second-order valence-corrected chi connectivity index (χ2v) is 9.55. The predicted molar refractivity (Wildman–Crippen MR) is 128 cm³/mol. The average molecular weight is 453 g/mol. The molecule has 0 N–H and O–H groups in total. The lowest BCUT2D eigenvalue weighted by Gasteiger charge is -2.33. The maximum atomic E-state index is 13.5. The van der Waals surface area contributed by atoms with E-state index < -0.39 is 5.41 Å². The Balaban J connectivity index is 1.65. The van der Waals surface area contributed by atoms with Gasteiger partial charge in [-0.05, 0) is 55.9 Å². The highest BCUT2D eigenvalue weighted by molar-refractivity contribution is 5.83. The van der Waals surface area contributed by atoms with Gasteiger partial charge in [-0.1, -0.05) is 36.4 Å². The summed E-state index contributed by atoms with van der Waals surface area (Å²) in [4.78, 5) is 21.1. The number of methoxy groups -OCH3 is 1. The molecule has 1 aliphatic carbocycles. The van der Waals surface area contributed by atoms with Crippen molar-refractivity contribution >= 4 is 5.91 Å². The van der Waals surface area contributed by atoms with Gasteiger partial charge in [0.05, 0.1) is 25.7 Å². The van der Waals surface area contributed by atoms with Crippen molar-refractivity contribution in [3.63, 3.8) is 0 Å². The fourth-order valence-electron chi connectivity index (χ4n) is 5.38. The lowest BCUT2D eigenvalue weighted by Crippen LogP contribution is -2.44. The predicted octanol–water partition coefficient (Wildman–Crippen LogP) is 4.64. The topological polar surface area (TPSA) is 51.2 Å². The summed E-state index contributed by atoms with van der Waals surface area (Å²) in [5.74, 6) is 1.51. The van der Waals surface area contributed by atoms with Crippen LogP contribution in [0.4, 0.5) is 0 Å². The maximum absolute atomic E-state index is 13.5. The van der Waals surface area contributed by atoms with Gasteiger partial charge in [-0.2, -0.15) is 0 Å². The van der Waals surface area contributed by atoms with E-state index in [1.807, 2.05) is 12.1 Å². The van der Waals surface area contributed by atoms with E-state index >= 15 is 0 Å². The van der Waals surface area contributed by atoms with Crippen LogP contribution in [0.5, 0.6) is 11.5 Å². The number of carbonyl (C=O) groups excluding carboxylic acids is 1. The zero-order valence-electron chi connectivity index (χ0n) is 20.3. The molecule has 2 aliphatic rings. The van der Waals surface area contributed by atoms with E-state index in [2.05, 4.69) is 48.2 Å². The number of hydroxylamine groups is 2. The first-order chi connectivity index (χ1) is 15.9. The molecule has 1 heterocycles. The first-order valence-electron chi connectivity index (χ1n) is 11.9. The molecule has 33 heavy (non-hydrogen) atoms. The monoisotopic (exact) mass is 452 g/mol. The molecule has 1 amide bonds. The van der Waals surface area contributed by atoms with Gasteiger partial charge in [0.25, 0.3) is 5.91 Å². The largest absolute Gasteiger partial charge is 0.493 e. The van der Waals surface area contributed by atoms with Gasteiger partial charge in [-0.15, -0.1) is 0 Å². The van der Waals surface area contributed by atoms with Gasteiger partial charge in [0.15, 0.2) is 11.5 Å². The van der Waals surface area contributed by atoms with Gasteiger partial charge in [0.2, 0.25) is 0 Å². The third kappa shape index (κ3) is 5.02. The van der Waals surface area contributed by atoms with Gasteiger partial charge in [-0.25, -0.2) is 5.06 Å². The molecule has 178 valence electrons. The highest BCUT2D eigenvalue weighted by atomic mass is 16.7. The molecule has 2 atom stereocenters. The molecule has 6 heteroatoms. The van der Waals surface area contributed by atoms with Gasteiger partial charge in [-0.3, -0.25) is 14.5 Å². The molecule has 2 aromatic rings. The number of carbonyl (C=O) groups is 1. The van der Waals surface area contributed by atoms with Crippen LogP contribution in [-0.2, 0) is 16.2 Å². The van der Waals surface area contributed by atoms with Crippen molar-refractivity contribution in [2.45, 2.75) is 51.2 Å². The van der Waals surface area contributed by atoms with Crippen LogP contribution < -0.4 is 9.47 Å². The molecule has 2 fully saturated rings. The summed E-state index contributed by atoms with van der Waals surface area (Å²) in [7, 11) is 4.90. The molecule has 0 bridgehead atoms. The number of benzene rings is 2. The minimum Gasteiger partial charge on any atom is -0.493 e. The number of hydrogen-bond acceptors (Lipinski definition) is 5. The Morgan fingerprint density at radius 2 is 1.82 bits per heavy atom. The normalized spacial score (nSPS) is 23.6. The highest BCUT2D eigenvalue weighted by Gasteiger charge is 2.50. The Morgan fingerprint density at radius 3 is 2.48 bits per heavy atom. The number of hydrogen-bond donors (Lipinski definition) is 0. The van der Waals surface area contributed by atoms with Gasteiger partial charge < -0.3 is 9.47 Å². The third-order valence-corrected chi connectivity index (χ3v) is 7.25. The van der Waals surface area contributed by atoms with Crippen molar-refractivity contribution in [2.24, 2.45) is 5.41 Å². The lowest BCUT2D eigenvalue weighted by molar-refractivity contribution is -0.179. The molecule has 1 saturated heterocycles. The standard InChI is InChI=1S/C27H36N2O4/c1-27(26(30)28(2)32-4)19-29(17-20-10-6-5-7-11-20)18-23(27)21-14-15-24(31-3)25(16-21)33-22-12-8-9-13-22/h5-7,10-11,14-16,22-23H,8-9,12-13,17-19H2,1-4H3/t23-,27+/m0/s1. The Kier molecular flexibility index (Phi) is 7.25. The van der Waals surface area contributed by atoms with Crippen molar-refractivity contribution in [3.05, 3.63) is 59.7 Å². The van der Waals surface area contributed by atoms with Gasteiger partial charge in [0, 0.05) is 32.6 Å². The first-order valence-corrected chi connectivity index (χ1v) is 11.9. The highest BCUT2D eigenvalue weighted by Crippen LogP contribution is 2.46. The Bertz CT molecular complexity index is 944. The fourth-order valence-corrected chi connectivity index (χ4v) is 5.38. The zero-order valence-corrected chi connectivity index (χ0v) is 20.3. The molecule has 1 saturated carbocycles. The summed E-state index contributed by atoms with van der Waals surface area (Å²) in [6.07, 6.45) is 4.81. The third-order valence-electron chi connectivity index (χ3n) is 7.25. The number of nitrogens with zero attached hydrogens (tertiary/aromatic N) is 2. The minimum absolute atomic E-state index is 0.00291. The molecule has 0 aromatic heterocycles. The van der Waals surface area contributed by atoms with Crippen molar-refractivity contribution < 1.29 is 19.1 Å². The van der Waals surface area contributed by atoms with E-state index in [0.717, 1.165) is 43.0 Å². The molecule has 0 spiro atoms. The van der Waals surface area contributed by atoms with Crippen LogP contribution in [0.1, 0.15) is 49.7 Å². The SMILES string of the molecule is COc1ccc([C@@H]2CN(Cc3ccccc3)C[C@@]2(C)C(=O)N(C)OC)cc1OC1CCCC1. The van der Waals surface area contributed by atoms with Crippen molar-refractivity contribution in [2.75, 3.05) is 34.4 Å². The number of rotatable bonds is 8. The van der Waals surface area contributed by atoms with Crippen LogP contribution >= 0.6 is 0 Å². The van der Waals surface area contributed by atoms with Crippen molar-refractivity contribution in [1.29, 1.82) is 0 Å². The lowest BCUT2D eigenvalue weighted by atomic mass is 9.75. The van der Waals surface area contributed by atoms with E-state index in [1.165, 1.54) is 30.6 Å². The number of likely N-dealkylation sites (tertiary alicyclic amines) is 1.